The number of thioether (sulfide) groups is 1. The third kappa shape index (κ3) is 19.2. The molecule has 0 heterocycles. The van der Waals surface area contributed by atoms with Crippen LogP contribution in [0.3, 0.4) is 0 Å². The second-order valence-corrected chi connectivity index (χ2v) is 13.6. The first-order chi connectivity index (χ1) is 26.5. The van der Waals surface area contributed by atoms with E-state index in [4.69, 9.17) is 11.5 Å². The van der Waals surface area contributed by atoms with Crippen LogP contribution in [0.5, 0.6) is 0 Å². The second-order valence-electron chi connectivity index (χ2n) is 12.5. The second kappa shape index (κ2) is 26.7. The monoisotopic (exact) mass is 788 g/mol. The van der Waals surface area contributed by atoms with E-state index in [0.717, 1.165) is 0 Å². The summed E-state index contributed by atoms with van der Waals surface area (Å²) in [6, 6.07) is 11.6. The number of aliphatic carboxylic acids is 1. The van der Waals surface area contributed by atoms with Gasteiger partial charge in [-0.1, -0.05) is 42.5 Å². The van der Waals surface area contributed by atoms with Crippen molar-refractivity contribution in [1.82, 2.24) is 31.9 Å². The lowest BCUT2D eigenvalue weighted by Crippen LogP contribution is -2.54. The number of carboxylic acids is 1. The van der Waals surface area contributed by atoms with Crippen LogP contribution in [0.4, 0.5) is 4.39 Å². The smallest absolute Gasteiger partial charge is 0.326 e. The number of benzene rings is 2. The number of hydrogen-bond donors (Lipinski definition) is 9. The highest BCUT2D eigenvalue weighted by Gasteiger charge is 2.25. The van der Waals surface area contributed by atoms with E-state index in [2.05, 4.69) is 31.9 Å². The molecule has 16 nitrogen and oxygen atoms in total. The molecule has 2 rings (SSSR count). The highest BCUT2D eigenvalue weighted by Crippen LogP contribution is 2.08. The Morgan fingerprint density at radius 3 is 1.76 bits per heavy atom. The van der Waals surface area contributed by atoms with Crippen molar-refractivity contribution in [3.8, 4) is 0 Å². The molecule has 2 aromatic carbocycles. The average molecular weight is 789 g/mol. The molecule has 0 bridgehead atoms. The van der Waals surface area contributed by atoms with Crippen LogP contribution in [-0.2, 0) is 41.9 Å². The molecule has 0 aliphatic carbocycles. The quantitative estimate of drug-likeness (QED) is 0.0540. The normalized spacial score (nSPS) is 12.3. The molecule has 18 heteroatoms. The fraction of sp³-hybridized carbons (Fsp3) is 0.486. The minimum absolute atomic E-state index is 0.00176. The maximum Gasteiger partial charge on any atom is 0.326 e. The molecule has 0 unspecified atom stereocenters. The van der Waals surface area contributed by atoms with E-state index in [1.54, 1.807) is 30.3 Å². The van der Waals surface area contributed by atoms with Crippen LogP contribution in [0.1, 0.15) is 60.0 Å². The van der Waals surface area contributed by atoms with Gasteiger partial charge in [-0.2, -0.15) is 11.8 Å². The molecular weight excluding hydrogens is 736 g/mol. The molecule has 0 spiro atoms. The van der Waals surface area contributed by atoms with Crippen LogP contribution in [0.15, 0.2) is 54.6 Å². The van der Waals surface area contributed by atoms with E-state index >= 15 is 0 Å². The Hall–Kier alpha value is -5.07. The number of alkyl halides is 1. The molecule has 2 aromatic rings. The molecule has 6 amide bonds. The van der Waals surface area contributed by atoms with E-state index < -0.39 is 73.4 Å². The Kier molecular flexibility index (Phi) is 22.3. The molecule has 0 aliphatic rings. The van der Waals surface area contributed by atoms with Crippen LogP contribution in [0.2, 0.25) is 0 Å². The van der Waals surface area contributed by atoms with E-state index in [9.17, 15) is 43.1 Å². The minimum atomic E-state index is -1.22. The summed E-state index contributed by atoms with van der Waals surface area (Å²) >= 11 is 1.24. The molecule has 0 saturated heterocycles. The van der Waals surface area contributed by atoms with E-state index in [-0.39, 0.29) is 37.5 Å². The van der Waals surface area contributed by atoms with Gasteiger partial charge in [-0.15, -0.1) is 0 Å². The zero-order valence-corrected chi connectivity index (χ0v) is 31.6. The van der Waals surface area contributed by atoms with Crippen LogP contribution in [0, 0.1) is 0 Å². The molecule has 3 atom stereocenters. The first-order valence-electron chi connectivity index (χ1n) is 18.1. The Bertz CT molecular complexity index is 1540. The van der Waals surface area contributed by atoms with Crippen LogP contribution < -0.4 is 43.4 Å². The number of halogens is 1. The first-order valence-corrected chi connectivity index (χ1v) is 19.2. The van der Waals surface area contributed by atoms with Gasteiger partial charge in [-0.05, 0) is 74.9 Å². The lowest BCUT2D eigenvalue weighted by Gasteiger charge is -2.21. The summed E-state index contributed by atoms with van der Waals surface area (Å²) in [4.78, 5) is 88.3. The zero-order valence-electron chi connectivity index (χ0n) is 30.8. The summed E-state index contributed by atoms with van der Waals surface area (Å²) in [5.74, 6) is -4.31. The summed E-state index contributed by atoms with van der Waals surface area (Å²) in [6.07, 6.45) is 2.69. The number of carbonyl (C=O) groups excluding carboxylic acids is 6. The molecule has 0 aromatic heterocycles. The van der Waals surface area contributed by atoms with E-state index in [1.807, 2.05) is 0 Å². The van der Waals surface area contributed by atoms with Gasteiger partial charge in [0.05, 0.1) is 18.8 Å². The van der Waals surface area contributed by atoms with Crippen molar-refractivity contribution < 1.29 is 43.1 Å². The predicted octanol–water partition coefficient (Wildman–Crippen LogP) is -0.109. The molecule has 55 heavy (non-hydrogen) atoms. The molecule has 0 saturated carbocycles. The average Bonchev–Trinajstić information content (AvgIpc) is 3.18. The van der Waals surface area contributed by atoms with E-state index in [0.29, 0.717) is 61.2 Å². The van der Waals surface area contributed by atoms with Crippen molar-refractivity contribution in [2.24, 2.45) is 11.5 Å². The SMILES string of the molecule is NCCCC[C@H](NC(=O)CNC(=O)[C@H](Cc1ccccc1)NC(=O)CNC(=O)[C@H](CCCCN)NC(=O)CSCCNC(=O)c1ccc(CF)cc1)C(=O)O. The minimum Gasteiger partial charge on any atom is -0.480 e. The maximum atomic E-state index is 13.2. The number of nitrogens with one attached hydrogen (secondary N) is 6. The number of nitrogens with two attached hydrogens (primary N) is 2. The molecule has 0 fully saturated rings. The van der Waals surface area contributed by atoms with Gasteiger partial charge in [-0.25, -0.2) is 9.18 Å². The van der Waals surface area contributed by atoms with E-state index in [1.165, 1.54) is 36.0 Å². The number of rotatable bonds is 27. The summed E-state index contributed by atoms with van der Waals surface area (Å²) in [5.41, 5.74) is 12.6. The van der Waals surface area contributed by atoms with Crippen molar-refractivity contribution >= 4 is 53.2 Å². The molecule has 0 radical (unpaired) electrons. The Labute approximate surface area is 324 Å². The topological polar surface area (TPSA) is 264 Å². The maximum absolute atomic E-state index is 13.2. The number of amides is 6. The van der Waals surface area contributed by atoms with Crippen LogP contribution in [0.25, 0.3) is 0 Å². The summed E-state index contributed by atoms with van der Waals surface area (Å²) in [6.45, 7) is -0.640. The summed E-state index contributed by atoms with van der Waals surface area (Å²) < 4.78 is 12.7. The number of hydrogen-bond acceptors (Lipinski definition) is 10. The Balaban J connectivity index is 1.90. The van der Waals surface area contributed by atoms with Gasteiger partial charge in [0.1, 0.15) is 24.8 Å². The third-order valence-electron chi connectivity index (χ3n) is 8.10. The highest BCUT2D eigenvalue weighted by atomic mass is 32.2. The van der Waals surface area contributed by atoms with Crippen molar-refractivity contribution in [3.63, 3.8) is 0 Å². The highest BCUT2D eigenvalue weighted by molar-refractivity contribution is 7.99. The van der Waals surface area contributed by atoms with Gasteiger partial charge >= 0.3 is 5.97 Å². The predicted molar refractivity (Wildman–Crippen MR) is 206 cm³/mol. The number of carbonyl (C=O) groups is 7. The first kappa shape index (κ1) is 46.1. The Morgan fingerprint density at radius 1 is 0.655 bits per heavy atom. The van der Waals surface area contributed by atoms with Crippen molar-refractivity contribution in [3.05, 3.63) is 71.3 Å². The van der Waals surface area contributed by atoms with Gasteiger partial charge in [0.25, 0.3) is 5.91 Å². The fourth-order valence-corrected chi connectivity index (χ4v) is 5.79. The van der Waals surface area contributed by atoms with Crippen LogP contribution >= 0.6 is 11.8 Å². The largest absolute Gasteiger partial charge is 0.480 e. The fourth-order valence-electron chi connectivity index (χ4n) is 5.13. The van der Waals surface area contributed by atoms with Gasteiger partial charge < -0.3 is 48.5 Å². The van der Waals surface area contributed by atoms with Crippen molar-refractivity contribution in [2.45, 2.75) is 69.7 Å². The zero-order chi connectivity index (χ0) is 40.4. The standard InChI is InChI=1S/C37H53FN8O8S/c38-21-26-12-14-27(15-13-26)34(50)41-18-19-55-24-33(49)44-28(10-4-6-16-39)35(51)42-23-32(48)46-30(20-25-8-2-1-3-9-25)36(52)43-22-31(47)45-29(37(53)54)11-5-7-17-40/h1-3,8-9,12-15,28-30H,4-7,10-11,16-24,39-40H2,(H,41,50)(H,42,51)(H,43,52)(H,44,49)(H,45,47)(H,46,48)(H,53,54)/t28-,29-,30-/m0/s1. The van der Waals surface area contributed by atoms with Gasteiger partial charge in [0, 0.05) is 24.3 Å². The molecular formula is C37H53FN8O8S. The molecule has 0 aliphatic heterocycles. The number of unbranched alkanes of at least 4 members (excludes halogenated alkanes) is 2. The summed E-state index contributed by atoms with van der Waals surface area (Å²) in [5, 5.41) is 24.7. The third-order valence-corrected chi connectivity index (χ3v) is 9.05. The lowest BCUT2D eigenvalue weighted by atomic mass is 10.1. The van der Waals surface area contributed by atoms with Gasteiger partial charge in [0.2, 0.25) is 29.5 Å². The lowest BCUT2D eigenvalue weighted by molar-refractivity contribution is -0.142. The Morgan fingerprint density at radius 2 is 1.20 bits per heavy atom. The number of carboxylic acid groups (broad SMARTS) is 1. The van der Waals surface area contributed by atoms with Crippen LogP contribution in [-0.4, -0.2) is 109 Å². The van der Waals surface area contributed by atoms with Crippen molar-refractivity contribution in [1.29, 1.82) is 0 Å². The van der Waals surface area contributed by atoms with Crippen molar-refractivity contribution in [2.75, 3.05) is 44.2 Å². The molecule has 11 N–H and O–H groups in total. The van der Waals surface area contributed by atoms with Gasteiger partial charge in [0.15, 0.2) is 0 Å². The van der Waals surface area contributed by atoms with Gasteiger partial charge in [-0.3, -0.25) is 28.8 Å². The summed E-state index contributed by atoms with van der Waals surface area (Å²) in [7, 11) is 0. The molecule has 302 valence electrons.